The van der Waals surface area contributed by atoms with Crippen LogP contribution in [0.2, 0.25) is 0 Å². The normalized spacial score (nSPS) is 10.7. The average molecular weight is 225 g/mol. The van der Waals surface area contributed by atoms with Crippen LogP contribution in [0.5, 0.6) is 0 Å². The Kier molecular flexibility index (Phi) is 4.15. The van der Waals surface area contributed by atoms with Crippen LogP contribution in [0.25, 0.3) is 0 Å². The van der Waals surface area contributed by atoms with Crippen molar-refractivity contribution in [2.75, 3.05) is 5.75 Å². The Morgan fingerprint density at radius 1 is 1.53 bits per heavy atom. The zero-order chi connectivity index (χ0) is 11.4. The molecule has 0 unspecified atom stereocenters. The summed E-state index contributed by atoms with van der Waals surface area (Å²) in [5.41, 5.74) is 1.15. The Bertz CT molecular complexity index is 364. The monoisotopic (exact) mass is 225 g/mol. The number of hydrogen-bond acceptors (Lipinski definition) is 3. The zero-order valence-corrected chi connectivity index (χ0v) is 9.97. The van der Waals surface area contributed by atoms with Crippen molar-refractivity contribution in [1.82, 2.24) is 4.98 Å². The van der Waals surface area contributed by atoms with E-state index in [0.717, 1.165) is 11.4 Å². The lowest BCUT2D eigenvalue weighted by Crippen LogP contribution is -2.03. The first kappa shape index (κ1) is 12.0. The summed E-state index contributed by atoms with van der Waals surface area (Å²) in [6.07, 6.45) is 0. The van der Waals surface area contributed by atoms with Crippen molar-refractivity contribution in [1.29, 1.82) is 0 Å². The molecule has 0 atom stereocenters. The SMILES string of the molecule is Cc1ccc(C(=O)O)c(SCC(C)C)n1. The Morgan fingerprint density at radius 2 is 2.20 bits per heavy atom. The molecular weight excluding hydrogens is 210 g/mol. The van der Waals surface area contributed by atoms with Gasteiger partial charge in [-0.15, -0.1) is 11.8 Å². The number of aromatic carboxylic acids is 1. The maximum Gasteiger partial charge on any atom is 0.338 e. The number of aryl methyl sites for hydroxylation is 1. The molecule has 82 valence electrons. The predicted molar refractivity (Wildman–Crippen MR) is 61.5 cm³/mol. The molecule has 1 heterocycles. The Labute approximate surface area is 93.9 Å². The summed E-state index contributed by atoms with van der Waals surface area (Å²) in [4.78, 5) is 15.2. The van der Waals surface area contributed by atoms with Crippen molar-refractivity contribution < 1.29 is 9.90 Å². The van der Waals surface area contributed by atoms with Crippen molar-refractivity contribution in [3.8, 4) is 0 Å². The second-order valence-corrected chi connectivity index (χ2v) is 4.82. The highest BCUT2D eigenvalue weighted by Crippen LogP contribution is 2.23. The molecule has 0 aliphatic carbocycles. The molecule has 1 aromatic heterocycles. The van der Waals surface area contributed by atoms with Crippen LogP contribution in [-0.2, 0) is 0 Å². The van der Waals surface area contributed by atoms with Gasteiger partial charge in [-0.1, -0.05) is 13.8 Å². The largest absolute Gasteiger partial charge is 0.478 e. The lowest BCUT2D eigenvalue weighted by atomic mass is 10.2. The minimum atomic E-state index is -0.909. The summed E-state index contributed by atoms with van der Waals surface area (Å²) in [6, 6.07) is 3.34. The van der Waals surface area contributed by atoms with Gasteiger partial charge in [0.1, 0.15) is 5.03 Å². The lowest BCUT2D eigenvalue weighted by molar-refractivity contribution is 0.0692. The third-order valence-electron chi connectivity index (χ3n) is 1.78. The number of thioether (sulfide) groups is 1. The second kappa shape index (κ2) is 5.16. The highest BCUT2D eigenvalue weighted by atomic mass is 32.2. The molecule has 1 aromatic rings. The van der Waals surface area contributed by atoms with Crippen LogP contribution in [0.1, 0.15) is 29.9 Å². The van der Waals surface area contributed by atoms with Crippen LogP contribution in [0, 0.1) is 12.8 Å². The first-order valence-corrected chi connectivity index (χ1v) is 5.83. The highest BCUT2D eigenvalue weighted by molar-refractivity contribution is 7.99. The summed E-state index contributed by atoms with van der Waals surface area (Å²) < 4.78 is 0. The van der Waals surface area contributed by atoms with E-state index in [0.29, 0.717) is 16.5 Å². The van der Waals surface area contributed by atoms with E-state index in [9.17, 15) is 4.79 Å². The fourth-order valence-corrected chi connectivity index (χ4v) is 2.06. The standard InChI is InChI=1S/C11H15NO2S/c1-7(2)6-15-10-9(11(13)14)5-4-8(3)12-10/h4-5,7H,6H2,1-3H3,(H,13,14). The number of rotatable bonds is 4. The molecule has 0 radical (unpaired) electrons. The molecule has 0 aromatic carbocycles. The van der Waals surface area contributed by atoms with Gasteiger partial charge in [-0.2, -0.15) is 0 Å². The lowest BCUT2D eigenvalue weighted by Gasteiger charge is -2.07. The number of pyridine rings is 1. The highest BCUT2D eigenvalue weighted by Gasteiger charge is 2.12. The van der Waals surface area contributed by atoms with Crippen molar-refractivity contribution in [3.05, 3.63) is 23.4 Å². The van der Waals surface area contributed by atoms with Gasteiger partial charge < -0.3 is 5.11 Å². The van der Waals surface area contributed by atoms with Gasteiger partial charge in [-0.25, -0.2) is 9.78 Å². The third kappa shape index (κ3) is 3.55. The van der Waals surface area contributed by atoms with Crippen molar-refractivity contribution in [3.63, 3.8) is 0 Å². The molecule has 0 bridgehead atoms. The number of nitrogens with zero attached hydrogens (tertiary/aromatic N) is 1. The van der Waals surface area contributed by atoms with Crippen molar-refractivity contribution >= 4 is 17.7 Å². The van der Waals surface area contributed by atoms with Crippen LogP contribution in [0.15, 0.2) is 17.2 Å². The number of carboxylic acid groups (broad SMARTS) is 1. The smallest absolute Gasteiger partial charge is 0.338 e. The fourth-order valence-electron chi connectivity index (χ4n) is 1.05. The van der Waals surface area contributed by atoms with Crippen LogP contribution in [0.4, 0.5) is 0 Å². The molecule has 1 rings (SSSR count). The van der Waals surface area contributed by atoms with Gasteiger partial charge in [0.25, 0.3) is 0 Å². The summed E-state index contributed by atoms with van der Waals surface area (Å²) >= 11 is 1.51. The molecule has 1 N–H and O–H groups in total. The van der Waals surface area contributed by atoms with E-state index in [1.807, 2.05) is 6.92 Å². The molecule has 0 saturated heterocycles. The van der Waals surface area contributed by atoms with Gasteiger partial charge in [0.2, 0.25) is 0 Å². The van der Waals surface area contributed by atoms with Crippen LogP contribution in [-0.4, -0.2) is 21.8 Å². The minimum Gasteiger partial charge on any atom is -0.478 e. The molecule has 15 heavy (non-hydrogen) atoms. The van der Waals surface area contributed by atoms with Crippen molar-refractivity contribution in [2.24, 2.45) is 5.92 Å². The average Bonchev–Trinajstić information content (AvgIpc) is 2.14. The summed E-state index contributed by atoms with van der Waals surface area (Å²) in [5.74, 6) is 0.504. The molecule has 0 amide bonds. The van der Waals surface area contributed by atoms with Crippen molar-refractivity contribution in [2.45, 2.75) is 25.8 Å². The summed E-state index contributed by atoms with van der Waals surface area (Å²) in [7, 11) is 0. The maximum atomic E-state index is 10.9. The molecular formula is C11H15NO2S. The molecule has 4 heteroatoms. The van der Waals surface area contributed by atoms with Gasteiger partial charge in [-0.3, -0.25) is 0 Å². The number of aromatic nitrogens is 1. The van der Waals surface area contributed by atoms with Gasteiger partial charge in [0.15, 0.2) is 0 Å². The molecule has 0 aliphatic rings. The van der Waals surface area contributed by atoms with Crippen LogP contribution >= 0.6 is 11.8 Å². The molecule has 0 aliphatic heterocycles. The Morgan fingerprint density at radius 3 is 2.73 bits per heavy atom. The van der Waals surface area contributed by atoms with E-state index in [2.05, 4.69) is 18.8 Å². The van der Waals surface area contributed by atoms with E-state index < -0.39 is 5.97 Å². The van der Waals surface area contributed by atoms with E-state index in [1.165, 1.54) is 11.8 Å². The molecule has 0 saturated carbocycles. The number of hydrogen-bond donors (Lipinski definition) is 1. The molecule has 3 nitrogen and oxygen atoms in total. The first-order chi connectivity index (χ1) is 7.00. The van der Waals surface area contributed by atoms with Crippen LogP contribution in [0.3, 0.4) is 0 Å². The van der Waals surface area contributed by atoms with Gasteiger partial charge in [-0.05, 0) is 25.0 Å². The molecule has 0 fully saturated rings. The number of carbonyl (C=O) groups is 1. The summed E-state index contributed by atoms with van der Waals surface area (Å²) in [5, 5.41) is 9.59. The quantitative estimate of drug-likeness (QED) is 0.800. The Hall–Kier alpha value is -1.03. The van der Waals surface area contributed by atoms with Gasteiger partial charge in [0.05, 0.1) is 5.56 Å². The second-order valence-electron chi connectivity index (χ2n) is 3.82. The first-order valence-electron chi connectivity index (χ1n) is 4.84. The van der Waals surface area contributed by atoms with E-state index >= 15 is 0 Å². The zero-order valence-electron chi connectivity index (χ0n) is 9.15. The minimum absolute atomic E-state index is 0.297. The van der Waals surface area contributed by atoms with E-state index in [1.54, 1.807) is 12.1 Å². The third-order valence-corrected chi connectivity index (χ3v) is 3.20. The van der Waals surface area contributed by atoms with Crippen LogP contribution < -0.4 is 0 Å². The van der Waals surface area contributed by atoms with Gasteiger partial charge in [0, 0.05) is 11.4 Å². The topological polar surface area (TPSA) is 50.2 Å². The predicted octanol–water partition coefficient (Wildman–Crippen LogP) is 2.84. The molecule has 0 spiro atoms. The van der Waals surface area contributed by atoms with E-state index in [4.69, 9.17) is 5.11 Å². The summed E-state index contributed by atoms with van der Waals surface area (Å²) in [6.45, 7) is 6.07. The fraction of sp³-hybridized carbons (Fsp3) is 0.455. The maximum absolute atomic E-state index is 10.9. The number of carboxylic acids is 1. The van der Waals surface area contributed by atoms with Gasteiger partial charge >= 0.3 is 5.97 Å². The Balaban J connectivity index is 2.92. The van der Waals surface area contributed by atoms with E-state index in [-0.39, 0.29) is 0 Å².